The maximum atomic E-state index is 4.76. The molecule has 204 valence electrons. The molecule has 0 aliphatic carbocycles. The Kier molecular flexibility index (Phi) is 12.8. The smallest absolute Gasteiger partial charge is 0.144 e. The molecule has 3 aromatic carbocycles. The van der Waals surface area contributed by atoms with Gasteiger partial charge in [0.2, 0.25) is 0 Å². The summed E-state index contributed by atoms with van der Waals surface area (Å²) in [5.41, 5.74) is 9.68. The standard InChI is InChI=1S/C33H34N2.C2H6.CH4S/c1-7-12-25(8-2)26-15-17-27(18-16-26)30-20-19-29(23(3)4)32(31(30)24(5)6)35-22-21-34-33(35)28-13-10-9-11-14-28;2*1-2/h7-24H,1-2H2,3-6H3;1-2H3;2H,1H3/b25-12+;;. The molecule has 4 aromatic rings. The zero-order valence-electron chi connectivity index (χ0n) is 24.6. The molecule has 1 heterocycles. The molecule has 0 atom stereocenters. The van der Waals surface area contributed by atoms with Gasteiger partial charge in [-0.1, -0.05) is 140 Å². The lowest BCUT2D eigenvalue weighted by Gasteiger charge is -2.25. The molecule has 0 saturated heterocycles. The second-order valence-electron chi connectivity index (χ2n) is 9.40. The first-order chi connectivity index (χ1) is 19.0. The lowest BCUT2D eigenvalue weighted by atomic mass is 9.85. The van der Waals surface area contributed by atoms with E-state index in [1.165, 1.54) is 27.9 Å². The summed E-state index contributed by atoms with van der Waals surface area (Å²) < 4.78 is 2.28. The lowest BCUT2D eigenvalue weighted by Crippen LogP contribution is -2.09. The van der Waals surface area contributed by atoms with Gasteiger partial charge < -0.3 is 0 Å². The van der Waals surface area contributed by atoms with Gasteiger partial charge in [-0.2, -0.15) is 12.6 Å². The summed E-state index contributed by atoms with van der Waals surface area (Å²) in [4.78, 5) is 4.76. The van der Waals surface area contributed by atoms with Gasteiger partial charge in [0, 0.05) is 18.0 Å². The number of allylic oxidation sites excluding steroid dienone is 4. The van der Waals surface area contributed by atoms with Crippen molar-refractivity contribution >= 4 is 18.2 Å². The predicted molar refractivity (Wildman–Crippen MR) is 177 cm³/mol. The molecule has 1 aromatic heterocycles. The average Bonchev–Trinajstić information content (AvgIpc) is 3.47. The second-order valence-corrected chi connectivity index (χ2v) is 9.40. The highest BCUT2D eigenvalue weighted by atomic mass is 32.1. The van der Waals surface area contributed by atoms with Crippen LogP contribution in [-0.4, -0.2) is 15.8 Å². The van der Waals surface area contributed by atoms with Crippen molar-refractivity contribution in [1.29, 1.82) is 0 Å². The summed E-state index contributed by atoms with van der Waals surface area (Å²) in [7, 11) is 0. The first-order valence-electron chi connectivity index (χ1n) is 13.7. The maximum absolute atomic E-state index is 4.76. The minimum Gasteiger partial charge on any atom is -0.299 e. The predicted octanol–water partition coefficient (Wildman–Crippen LogP) is 10.8. The van der Waals surface area contributed by atoms with Gasteiger partial charge in [-0.15, -0.1) is 0 Å². The van der Waals surface area contributed by atoms with E-state index in [0.717, 1.165) is 22.5 Å². The molecule has 0 N–H and O–H groups in total. The van der Waals surface area contributed by atoms with Crippen LogP contribution in [0.3, 0.4) is 0 Å². The molecule has 2 nitrogen and oxygen atoms in total. The van der Waals surface area contributed by atoms with Crippen molar-refractivity contribution in [2.45, 2.75) is 53.4 Å². The highest BCUT2D eigenvalue weighted by Crippen LogP contribution is 2.40. The van der Waals surface area contributed by atoms with Crippen LogP contribution in [0.1, 0.15) is 70.1 Å². The van der Waals surface area contributed by atoms with Crippen LogP contribution in [0.4, 0.5) is 0 Å². The van der Waals surface area contributed by atoms with Crippen molar-refractivity contribution in [3.05, 3.63) is 127 Å². The summed E-state index contributed by atoms with van der Waals surface area (Å²) in [5, 5.41) is 0. The Bertz CT molecular complexity index is 1360. The molecule has 0 spiro atoms. The first-order valence-corrected chi connectivity index (χ1v) is 14.6. The summed E-state index contributed by atoms with van der Waals surface area (Å²) >= 11 is 3.53. The topological polar surface area (TPSA) is 17.8 Å². The van der Waals surface area contributed by atoms with Gasteiger partial charge in [0.25, 0.3) is 0 Å². The Morgan fingerprint density at radius 3 is 2.00 bits per heavy atom. The number of thiol groups is 1. The quantitative estimate of drug-likeness (QED) is 0.175. The van der Waals surface area contributed by atoms with Gasteiger partial charge in [0.1, 0.15) is 5.82 Å². The van der Waals surface area contributed by atoms with Crippen molar-refractivity contribution < 1.29 is 0 Å². The highest BCUT2D eigenvalue weighted by molar-refractivity contribution is 7.79. The minimum absolute atomic E-state index is 0.328. The van der Waals surface area contributed by atoms with E-state index < -0.39 is 0 Å². The molecule has 3 heteroatoms. The molecule has 4 rings (SSSR count). The molecule has 0 bridgehead atoms. The Morgan fingerprint density at radius 1 is 0.821 bits per heavy atom. The van der Waals surface area contributed by atoms with Crippen molar-refractivity contribution in [2.24, 2.45) is 0 Å². The number of hydrogen-bond acceptors (Lipinski definition) is 2. The third-order valence-electron chi connectivity index (χ3n) is 6.41. The van der Waals surface area contributed by atoms with Crippen LogP contribution >= 0.6 is 12.6 Å². The number of rotatable bonds is 8. The SMILES string of the molecule is C=C/C=C(\C=C)c1ccc(-c2ccc(C(C)C)c(-n3ccnc3-c3ccccc3)c2C(C)C)cc1.CC.CS. The van der Waals surface area contributed by atoms with Crippen LogP contribution in [-0.2, 0) is 0 Å². The minimum atomic E-state index is 0.328. The normalized spacial score (nSPS) is 10.9. The summed E-state index contributed by atoms with van der Waals surface area (Å²) in [6.07, 6.45) is 11.4. The second kappa shape index (κ2) is 15.8. The summed E-state index contributed by atoms with van der Waals surface area (Å²) in [6.45, 7) is 20.9. The molecule has 0 radical (unpaired) electrons. The molecular formula is C36H44N2S. The number of aromatic nitrogens is 2. The van der Waals surface area contributed by atoms with Crippen LogP contribution in [0.25, 0.3) is 33.8 Å². The number of hydrogen-bond donors (Lipinski definition) is 1. The molecule has 0 aliphatic rings. The molecule has 0 amide bonds. The van der Waals surface area contributed by atoms with E-state index in [1.807, 2.05) is 38.3 Å². The number of nitrogens with zero attached hydrogens (tertiary/aromatic N) is 2. The van der Waals surface area contributed by atoms with E-state index in [2.05, 4.69) is 125 Å². The van der Waals surface area contributed by atoms with E-state index in [-0.39, 0.29) is 0 Å². The molecule has 0 saturated carbocycles. The largest absolute Gasteiger partial charge is 0.299 e. The van der Waals surface area contributed by atoms with E-state index in [0.29, 0.717) is 11.8 Å². The van der Waals surface area contributed by atoms with Crippen molar-refractivity contribution in [2.75, 3.05) is 6.26 Å². The van der Waals surface area contributed by atoms with E-state index in [9.17, 15) is 0 Å². The van der Waals surface area contributed by atoms with Gasteiger partial charge in [-0.3, -0.25) is 4.57 Å². The van der Waals surface area contributed by atoms with Crippen LogP contribution < -0.4 is 0 Å². The summed E-state index contributed by atoms with van der Waals surface area (Å²) in [6, 6.07) is 23.8. The molecule has 0 fully saturated rings. The van der Waals surface area contributed by atoms with Crippen LogP contribution in [0.2, 0.25) is 0 Å². The molecular weight excluding hydrogens is 492 g/mol. The third-order valence-corrected chi connectivity index (χ3v) is 6.41. The lowest BCUT2D eigenvalue weighted by molar-refractivity contribution is 0.808. The monoisotopic (exact) mass is 536 g/mol. The Hall–Kier alpha value is -3.56. The Morgan fingerprint density at radius 2 is 1.46 bits per heavy atom. The van der Waals surface area contributed by atoms with E-state index in [4.69, 9.17) is 4.98 Å². The van der Waals surface area contributed by atoms with Crippen molar-refractivity contribution in [1.82, 2.24) is 9.55 Å². The Balaban J connectivity index is 0.00000127. The zero-order valence-corrected chi connectivity index (χ0v) is 25.5. The van der Waals surface area contributed by atoms with Gasteiger partial charge in [0.05, 0.1) is 5.69 Å². The fraction of sp³-hybridized carbons (Fsp3) is 0.250. The molecule has 0 unspecified atom stereocenters. The van der Waals surface area contributed by atoms with E-state index in [1.54, 1.807) is 12.3 Å². The fourth-order valence-corrected chi connectivity index (χ4v) is 4.73. The summed E-state index contributed by atoms with van der Waals surface area (Å²) in [5.74, 6) is 1.67. The first kappa shape index (κ1) is 31.7. The van der Waals surface area contributed by atoms with Gasteiger partial charge in [0.15, 0.2) is 0 Å². The fourth-order valence-electron chi connectivity index (χ4n) is 4.73. The van der Waals surface area contributed by atoms with Crippen molar-refractivity contribution in [3.8, 4) is 28.2 Å². The highest BCUT2D eigenvalue weighted by Gasteiger charge is 2.22. The molecule has 0 aliphatic heterocycles. The Labute approximate surface area is 242 Å². The van der Waals surface area contributed by atoms with Gasteiger partial charge in [-0.25, -0.2) is 4.98 Å². The van der Waals surface area contributed by atoms with E-state index >= 15 is 0 Å². The van der Waals surface area contributed by atoms with Crippen LogP contribution in [0.5, 0.6) is 0 Å². The van der Waals surface area contributed by atoms with Gasteiger partial charge in [-0.05, 0) is 51.5 Å². The zero-order chi connectivity index (χ0) is 28.9. The van der Waals surface area contributed by atoms with Gasteiger partial charge >= 0.3 is 0 Å². The molecule has 39 heavy (non-hydrogen) atoms. The number of imidazole rings is 1. The van der Waals surface area contributed by atoms with Crippen LogP contribution in [0.15, 0.2) is 111 Å². The maximum Gasteiger partial charge on any atom is 0.144 e. The average molecular weight is 537 g/mol. The third kappa shape index (κ3) is 7.30. The van der Waals surface area contributed by atoms with Crippen LogP contribution in [0, 0.1) is 0 Å². The van der Waals surface area contributed by atoms with Crippen molar-refractivity contribution in [3.63, 3.8) is 0 Å². The number of benzene rings is 3.